The lowest BCUT2D eigenvalue weighted by atomic mass is 10.2. The van der Waals surface area contributed by atoms with Crippen LogP contribution in [0.2, 0.25) is 5.02 Å². The van der Waals surface area contributed by atoms with Crippen molar-refractivity contribution >= 4 is 29.0 Å². The number of nitrogens with one attached hydrogen (secondary N) is 1. The molecule has 0 radical (unpaired) electrons. The first-order chi connectivity index (χ1) is 14.7. The maximum absolute atomic E-state index is 12.7. The Morgan fingerprint density at radius 2 is 2.00 bits per heavy atom. The Morgan fingerprint density at radius 1 is 1.23 bits per heavy atom. The predicted molar refractivity (Wildman–Crippen MR) is 114 cm³/mol. The Morgan fingerprint density at radius 3 is 2.65 bits per heavy atom. The zero-order valence-corrected chi connectivity index (χ0v) is 18.1. The molecule has 1 aromatic carbocycles. The standard InChI is InChI=1S/C21H24ClF3N4O2/c1-14-10-17(18(31-2)11-16(14)22)27-20(30)13-28-6-3-7-29(9-8-28)19-5-4-15(12-26-19)21(23,24)25/h4-5,10-12H,3,6-9,13H2,1-2H3,(H,27,30). The van der Waals surface area contributed by atoms with Gasteiger partial charge < -0.3 is 15.0 Å². The van der Waals surface area contributed by atoms with E-state index in [1.54, 1.807) is 12.1 Å². The zero-order chi connectivity index (χ0) is 22.6. The number of hydrogen-bond donors (Lipinski definition) is 1. The number of rotatable bonds is 5. The molecule has 10 heteroatoms. The molecule has 1 fully saturated rings. The molecule has 1 aliphatic rings. The van der Waals surface area contributed by atoms with Crippen LogP contribution in [0.3, 0.4) is 0 Å². The molecule has 1 saturated heterocycles. The van der Waals surface area contributed by atoms with Crippen LogP contribution in [-0.4, -0.2) is 55.6 Å². The minimum Gasteiger partial charge on any atom is -0.495 e. The van der Waals surface area contributed by atoms with Gasteiger partial charge in [-0.2, -0.15) is 13.2 Å². The number of nitrogens with zero attached hydrogens (tertiary/aromatic N) is 3. The number of aromatic nitrogens is 1. The number of benzene rings is 1. The first-order valence-electron chi connectivity index (χ1n) is 9.82. The zero-order valence-electron chi connectivity index (χ0n) is 17.3. The Bertz CT molecular complexity index is 922. The van der Waals surface area contributed by atoms with Crippen LogP contribution in [0.5, 0.6) is 5.75 Å². The smallest absolute Gasteiger partial charge is 0.417 e. The fourth-order valence-corrected chi connectivity index (χ4v) is 3.58. The predicted octanol–water partition coefficient (Wildman–Crippen LogP) is 4.22. The van der Waals surface area contributed by atoms with Crippen molar-refractivity contribution in [2.75, 3.05) is 50.1 Å². The van der Waals surface area contributed by atoms with Gasteiger partial charge in [0.15, 0.2) is 0 Å². The number of pyridine rings is 1. The van der Waals surface area contributed by atoms with E-state index in [0.29, 0.717) is 48.5 Å². The number of alkyl halides is 3. The third-order valence-electron chi connectivity index (χ3n) is 5.11. The number of amides is 1. The molecule has 2 aromatic rings. The molecule has 3 rings (SSSR count). The summed E-state index contributed by atoms with van der Waals surface area (Å²) >= 11 is 6.10. The van der Waals surface area contributed by atoms with Crippen molar-refractivity contribution in [3.05, 3.63) is 46.6 Å². The summed E-state index contributed by atoms with van der Waals surface area (Å²) in [6, 6.07) is 5.85. The second kappa shape index (κ2) is 9.74. The molecule has 0 bridgehead atoms. The van der Waals surface area contributed by atoms with Crippen molar-refractivity contribution in [2.24, 2.45) is 0 Å². The molecule has 0 unspecified atom stereocenters. The summed E-state index contributed by atoms with van der Waals surface area (Å²) in [5.74, 6) is 0.807. The fraction of sp³-hybridized carbons (Fsp3) is 0.429. The number of ether oxygens (including phenoxy) is 1. The molecule has 1 N–H and O–H groups in total. The average Bonchev–Trinajstić information content (AvgIpc) is 2.95. The van der Waals surface area contributed by atoms with Gasteiger partial charge in [-0.05, 0) is 37.1 Å². The number of methoxy groups -OCH3 is 1. The van der Waals surface area contributed by atoms with Crippen LogP contribution in [0.25, 0.3) is 0 Å². The fourth-order valence-electron chi connectivity index (χ4n) is 3.42. The van der Waals surface area contributed by atoms with Crippen molar-refractivity contribution in [1.82, 2.24) is 9.88 Å². The third kappa shape index (κ3) is 6.01. The number of halogens is 4. The highest BCUT2D eigenvalue weighted by molar-refractivity contribution is 6.31. The van der Waals surface area contributed by atoms with E-state index in [0.717, 1.165) is 24.2 Å². The minimum atomic E-state index is -4.40. The molecular formula is C21H24ClF3N4O2. The van der Waals surface area contributed by atoms with E-state index in [2.05, 4.69) is 10.3 Å². The van der Waals surface area contributed by atoms with Crippen molar-refractivity contribution in [1.29, 1.82) is 0 Å². The Labute approximate surface area is 183 Å². The van der Waals surface area contributed by atoms with Gasteiger partial charge in [-0.3, -0.25) is 9.69 Å². The summed E-state index contributed by atoms with van der Waals surface area (Å²) in [4.78, 5) is 20.5. The lowest BCUT2D eigenvalue weighted by Crippen LogP contribution is -2.36. The molecule has 1 aromatic heterocycles. The van der Waals surface area contributed by atoms with Crippen LogP contribution >= 0.6 is 11.6 Å². The number of hydrogen-bond acceptors (Lipinski definition) is 5. The number of carbonyl (C=O) groups excluding carboxylic acids is 1. The molecule has 168 valence electrons. The molecule has 6 nitrogen and oxygen atoms in total. The first-order valence-corrected chi connectivity index (χ1v) is 10.2. The molecule has 0 spiro atoms. The van der Waals surface area contributed by atoms with Crippen LogP contribution in [0.4, 0.5) is 24.7 Å². The summed E-state index contributed by atoms with van der Waals surface area (Å²) in [5.41, 5.74) is 0.615. The Hall–Kier alpha value is -2.52. The number of carbonyl (C=O) groups is 1. The lowest BCUT2D eigenvalue weighted by molar-refractivity contribution is -0.137. The maximum atomic E-state index is 12.7. The largest absolute Gasteiger partial charge is 0.495 e. The van der Waals surface area contributed by atoms with Crippen LogP contribution in [0.1, 0.15) is 17.5 Å². The molecule has 2 heterocycles. The van der Waals surface area contributed by atoms with Crippen molar-refractivity contribution in [3.8, 4) is 5.75 Å². The highest BCUT2D eigenvalue weighted by atomic mass is 35.5. The minimum absolute atomic E-state index is 0.180. The van der Waals surface area contributed by atoms with E-state index in [9.17, 15) is 18.0 Å². The van der Waals surface area contributed by atoms with E-state index in [-0.39, 0.29) is 12.5 Å². The molecule has 0 aliphatic carbocycles. The van der Waals surface area contributed by atoms with Gasteiger partial charge in [0.1, 0.15) is 11.6 Å². The SMILES string of the molecule is COc1cc(Cl)c(C)cc1NC(=O)CN1CCCN(c2ccc(C(F)(F)F)cn2)CC1. The molecule has 1 amide bonds. The Balaban J connectivity index is 1.58. The van der Waals surface area contributed by atoms with Crippen molar-refractivity contribution in [3.63, 3.8) is 0 Å². The van der Waals surface area contributed by atoms with Crippen molar-refractivity contribution in [2.45, 2.75) is 19.5 Å². The lowest BCUT2D eigenvalue weighted by Gasteiger charge is -2.23. The number of aryl methyl sites for hydroxylation is 1. The summed E-state index contributed by atoms with van der Waals surface area (Å²) < 4.78 is 43.5. The summed E-state index contributed by atoms with van der Waals surface area (Å²) in [6.45, 7) is 4.54. The average molecular weight is 457 g/mol. The van der Waals surface area contributed by atoms with Gasteiger partial charge in [0.25, 0.3) is 0 Å². The van der Waals surface area contributed by atoms with Gasteiger partial charge in [0, 0.05) is 43.5 Å². The molecule has 0 saturated carbocycles. The molecular weight excluding hydrogens is 433 g/mol. The van der Waals surface area contributed by atoms with Gasteiger partial charge in [-0.25, -0.2) is 4.98 Å². The van der Waals surface area contributed by atoms with E-state index in [4.69, 9.17) is 16.3 Å². The van der Waals surface area contributed by atoms with E-state index >= 15 is 0 Å². The maximum Gasteiger partial charge on any atom is 0.417 e. The van der Waals surface area contributed by atoms with E-state index < -0.39 is 11.7 Å². The second-order valence-corrected chi connectivity index (χ2v) is 7.78. The summed E-state index contributed by atoms with van der Waals surface area (Å²) in [7, 11) is 1.51. The third-order valence-corrected chi connectivity index (χ3v) is 5.52. The number of anilines is 2. The van der Waals surface area contributed by atoms with E-state index in [1.807, 2.05) is 16.7 Å². The first kappa shape index (κ1) is 23.1. The van der Waals surface area contributed by atoms with Gasteiger partial charge in [-0.15, -0.1) is 0 Å². The van der Waals surface area contributed by atoms with Crippen LogP contribution in [-0.2, 0) is 11.0 Å². The highest BCUT2D eigenvalue weighted by Crippen LogP contribution is 2.31. The normalized spacial score (nSPS) is 15.5. The monoisotopic (exact) mass is 456 g/mol. The molecule has 0 atom stereocenters. The van der Waals surface area contributed by atoms with Gasteiger partial charge in [0.2, 0.25) is 5.91 Å². The molecule has 31 heavy (non-hydrogen) atoms. The quantitative estimate of drug-likeness (QED) is 0.730. The highest BCUT2D eigenvalue weighted by Gasteiger charge is 2.31. The van der Waals surface area contributed by atoms with Gasteiger partial charge in [0.05, 0.1) is 24.9 Å². The van der Waals surface area contributed by atoms with Gasteiger partial charge in [-0.1, -0.05) is 11.6 Å². The van der Waals surface area contributed by atoms with E-state index in [1.165, 1.54) is 13.2 Å². The van der Waals surface area contributed by atoms with Crippen LogP contribution in [0, 0.1) is 6.92 Å². The van der Waals surface area contributed by atoms with Crippen LogP contribution < -0.4 is 15.0 Å². The van der Waals surface area contributed by atoms with Crippen LogP contribution in [0.15, 0.2) is 30.5 Å². The van der Waals surface area contributed by atoms with Crippen molar-refractivity contribution < 1.29 is 22.7 Å². The second-order valence-electron chi connectivity index (χ2n) is 7.37. The molecule has 1 aliphatic heterocycles. The topological polar surface area (TPSA) is 57.7 Å². The Kier molecular flexibility index (Phi) is 7.27. The summed E-state index contributed by atoms with van der Waals surface area (Å²) in [6.07, 6.45) is -2.79. The van der Waals surface area contributed by atoms with Gasteiger partial charge >= 0.3 is 6.18 Å². The summed E-state index contributed by atoms with van der Waals surface area (Å²) in [5, 5.41) is 3.42.